The summed E-state index contributed by atoms with van der Waals surface area (Å²) in [5, 5.41) is 2.35. The van der Waals surface area contributed by atoms with Crippen LogP contribution in [0.3, 0.4) is 0 Å². The van der Waals surface area contributed by atoms with Gasteiger partial charge in [0.2, 0.25) is 0 Å². The Kier molecular flexibility index (Phi) is 7.03. The Hall–Kier alpha value is -3.47. The van der Waals surface area contributed by atoms with Gasteiger partial charge >= 0.3 is 16.1 Å². The van der Waals surface area contributed by atoms with Gasteiger partial charge in [-0.25, -0.2) is 9.69 Å². The van der Waals surface area contributed by atoms with E-state index in [-0.39, 0.29) is 26.9 Å². The van der Waals surface area contributed by atoms with Gasteiger partial charge in [0.25, 0.3) is 11.8 Å². The lowest BCUT2D eigenvalue weighted by molar-refractivity contribution is -0.122. The molecule has 0 aromatic heterocycles. The molecule has 3 aromatic rings. The number of rotatable bonds is 5. The number of carbonyl (C=O) groups excluding carboxylic acids is 3. The second kappa shape index (κ2) is 9.88. The maximum absolute atomic E-state index is 13.3. The first-order valence-electron chi connectivity index (χ1n) is 10.4. The number of anilines is 1. The molecular formula is C25H18BrClN2O6S. The van der Waals surface area contributed by atoms with Crippen molar-refractivity contribution >= 4 is 67.3 Å². The smallest absolute Gasteiger partial charge is 0.339 e. The van der Waals surface area contributed by atoms with Crippen molar-refractivity contribution < 1.29 is 27.0 Å². The first-order chi connectivity index (χ1) is 17.0. The van der Waals surface area contributed by atoms with Gasteiger partial charge in [0, 0.05) is 15.1 Å². The molecule has 1 aliphatic rings. The van der Waals surface area contributed by atoms with Crippen molar-refractivity contribution in [3.63, 3.8) is 0 Å². The molecule has 0 bridgehead atoms. The zero-order valence-corrected chi connectivity index (χ0v) is 22.1. The molecule has 0 atom stereocenters. The van der Waals surface area contributed by atoms with Crippen LogP contribution < -0.4 is 14.4 Å². The Bertz CT molecular complexity index is 1550. The highest BCUT2D eigenvalue weighted by Crippen LogP contribution is 2.31. The number of aryl methyl sites for hydroxylation is 2. The fraction of sp³-hybridized carbons (Fsp3) is 0.0800. The third-order valence-corrected chi connectivity index (χ3v) is 7.26. The van der Waals surface area contributed by atoms with Crippen LogP contribution >= 0.6 is 27.5 Å². The average Bonchev–Trinajstić information content (AvgIpc) is 2.79. The fourth-order valence-electron chi connectivity index (χ4n) is 3.48. The maximum atomic E-state index is 13.3. The van der Waals surface area contributed by atoms with E-state index in [4.69, 9.17) is 15.8 Å². The third-order valence-electron chi connectivity index (χ3n) is 5.28. The van der Waals surface area contributed by atoms with Gasteiger partial charge in [0.15, 0.2) is 0 Å². The van der Waals surface area contributed by atoms with Crippen LogP contribution in [0.15, 0.2) is 75.6 Å². The van der Waals surface area contributed by atoms with E-state index in [2.05, 4.69) is 21.2 Å². The summed E-state index contributed by atoms with van der Waals surface area (Å²) in [6.45, 7) is 3.52. The molecule has 0 saturated carbocycles. The van der Waals surface area contributed by atoms with Crippen molar-refractivity contribution in [1.29, 1.82) is 0 Å². The number of hydrogen-bond acceptors (Lipinski definition) is 6. The van der Waals surface area contributed by atoms with Crippen molar-refractivity contribution in [3.05, 3.63) is 92.4 Å². The van der Waals surface area contributed by atoms with Crippen LogP contribution in [0.5, 0.6) is 5.75 Å². The summed E-state index contributed by atoms with van der Waals surface area (Å²) in [7, 11) is -4.23. The Labute approximate surface area is 220 Å². The minimum absolute atomic E-state index is 0.0542. The minimum atomic E-state index is -4.23. The Morgan fingerprint density at radius 2 is 1.67 bits per heavy atom. The number of carbonyl (C=O) groups is 3. The van der Waals surface area contributed by atoms with Crippen molar-refractivity contribution in [2.24, 2.45) is 0 Å². The molecule has 1 N–H and O–H groups in total. The Morgan fingerprint density at radius 1 is 0.972 bits per heavy atom. The van der Waals surface area contributed by atoms with Crippen molar-refractivity contribution in [2.75, 3.05) is 4.90 Å². The molecule has 1 aliphatic heterocycles. The van der Waals surface area contributed by atoms with Crippen molar-refractivity contribution in [3.8, 4) is 5.75 Å². The number of barbiturate groups is 1. The predicted octanol–water partition coefficient (Wildman–Crippen LogP) is 5.15. The van der Waals surface area contributed by atoms with Crippen LogP contribution in [-0.4, -0.2) is 26.3 Å². The molecule has 0 radical (unpaired) electrons. The van der Waals surface area contributed by atoms with Gasteiger partial charge in [-0.15, -0.1) is 0 Å². The Morgan fingerprint density at radius 3 is 2.33 bits per heavy atom. The zero-order valence-electron chi connectivity index (χ0n) is 18.9. The summed E-state index contributed by atoms with van der Waals surface area (Å²) in [4.78, 5) is 39.2. The van der Waals surface area contributed by atoms with E-state index in [1.165, 1.54) is 30.3 Å². The maximum Gasteiger partial charge on any atom is 0.339 e. The van der Waals surface area contributed by atoms with Gasteiger partial charge in [-0.2, -0.15) is 8.42 Å². The van der Waals surface area contributed by atoms with Crippen LogP contribution in [0.1, 0.15) is 16.7 Å². The molecule has 184 valence electrons. The molecule has 1 heterocycles. The average molecular weight is 590 g/mol. The zero-order chi connectivity index (χ0) is 26.2. The summed E-state index contributed by atoms with van der Waals surface area (Å²) < 4.78 is 31.8. The standard InChI is InChI=1S/C25H18BrClN2O6S/c1-14-3-7-19(8-4-14)36(33,34)35-22-10-6-18(27)12-16(22)13-20-23(30)28-25(32)29(24(20)31)21-9-5-17(26)11-15(21)2/h3-13H,1-2H3,(H,28,30,32)/b20-13-. The van der Waals surface area contributed by atoms with Crippen LogP contribution in [0.2, 0.25) is 5.02 Å². The summed E-state index contributed by atoms with van der Waals surface area (Å²) in [6.07, 6.45) is 1.14. The second-order valence-electron chi connectivity index (χ2n) is 7.92. The number of urea groups is 1. The number of imide groups is 2. The normalized spacial score (nSPS) is 15.3. The summed E-state index contributed by atoms with van der Waals surface area (Å²) >= 11 is 9.44. The summed E-state index contributed by atoms with van der Waals surface area (Å²) in [5.41, 5.74) is 1.41. The first kappa shape index (κ1) is 25.6. The van der Waals surface area contributed by atoms with Crippen LogP contribution in [0, 0.1) is 13.8 Å². The van der Waals surface area contributed by atoms with Crippen LogP contribution in [-0.2, 0) is 19.7 Å². The van der Waals surface area contributed by atoms with E-state index in [0.717, 1.165) is 21.0 Å². The molecule has 1 fully saturated rings. The number of amides is 4. The van der Waals surface area contributed by atoms with Gasteiger partial charge in [0.05, 0.1) is 5.69 Å². The van der Waals surface area contributed by atoms with Gasteiger partial charge in [-0.3, -0.25) is 14.9 Å². The molecule has 0 unspecified atom stereocenters. The molecule has 1 saturated heterocycles. The summed E-state index contributed by atoms with van der Waals surface area (Å²) in [6, 6.07) is 14.2. The highest BCUT2D eigenvalue weighted by atomic mass is 79.9. The number of hydrogen-bond donors (Lipinski definition) is 1. The summed E-state index contributed by atoms with van der Waals surface area (Å²) in [5.74, 6) is -1.99. The molecule has 4 rings (SSSR count). The highest BCUT2D eigenvalue weighted by Gasteiger charge is 2.37. The van der Waals surface area contributed by atoms with Gasteiger partial charge in [-0.05, 0) is 74.0 Å². The van der Waals surface area contributed by atoms with E-state index in [9.17, 15) is 22.8 Å². The fourth-order valence-corrected chi connectivity index (χ4v) is 5.09. The predicted molar refractivity (Wildman–Crippen MR) is 138 cm³/mol. The van der Waals surface area contributed by atoms with E-state index in [1.54, 1.807) is 37.3 Å². The molecule has 36 heavy (non-hydrogen) atoms. The van der Waals surface area contributed by atoms with Crippen LogP contribution in [0.4, 0.5) is 10.5 Å². The lowest BCUT2D eigenvalue weighted by atomic mass is 10.1. The third kappa shape index (κ3) is 5.20. The largest absolute Gasteiger partial charge is 0.378 e. The molecule has 11 heteroatoms. The molecule has 3 aromatic carbocycles. The molecule has 8 nitrogen and oxygen atoms in total. The SMILES string of the molecule is Cc1ccc(S(=O)(=O)Oc2ccc(Cl)cc2/C=C2/C(=O)NC(=O)N(c3ccc(Br)cc3C)C2=O)cc1. The quantitative estimate of drug-likeness (QED) is 0.250. The van der Waals surface area contributed by atoms with Crippen molar-refractivity contribution in [2.45, 2.75) is 18.7 Å². The van der Waals surface area contributed by atoms with E-state index in [0.29, 0.717) is 5.56 Å². The van der Waals surface area contributed by atoms with Crippen LogP contribution in [0.25, 0.3) is 6.08 Å². The topological polar surface area (TPSA) is 110 Å². The highest BCUT2D eigenvalue weighted by molar-refractivity contribution is 9.10. The second-order valence-corrected chi connectivity index (χ2v) is 10.8. The molecule has 0 spiro atoms. The van der Waals surface area contributed by atoms with Gasteiger partial charge in [-0.1, -0.05) is 45.2 Å². The number of nitrogens with one attached hydrogen (secondary N) is 1. The minimum Gasteiger partial charge on any atom is -0.378 e. The number of nitrogens with zero attached hydrogens (tertiary/aromatic N) is 1. The lowest BCUT2D eigenvalue weighted by Crippen LogP contribution is -2.54. The van der Waals surface area contributed by atoms with Crippen molar-refractivity contribution in [1.82, 2.24) is 5.32 Å². The van der Waals surface area contributed by atoms with E-state index in [1.807, 2.05) is 6.92 Å². The Balaban J connectivity index is 1.76. The molecule has 0 aliphatic carbocycles. The lowest BCUT2D eigenvalue weighted by Gasteiger charge is -2.27. The first-order valence-corrected chi connectivity index (χ1v) is 13.0. The van der Waals surface area contributed by atoms with E-state index >= 15 is 0 Å². The monoisotopic (exact) mass is 588 g/mol. The molecule has 4 amide bonds. The van der Waals surface area contributed by atoms with Gasteiger partial charge < -0.3 is 4.18 Å². The van der Waals surface area contributed by atoms with Gasteiger partial charge in [0.1, 0.15) is 16.2 Å². The van der Waals surface area contributed by atoms with E-state index < -0.39 is 33.5 Å². The molecular weight excluding hydrogens is 572 g/mol. The number of benzene rings is 3. The number of halogens is 2.